The number of thioether (sulfide) groups is 1. The maximum absolute atomic E-state index is 8.98. The first-order chi connectivity index (χ1) is 10.2. The Bertz CT molecular complexity index is 642. The number of hydrogen-bond donors (Lipinski definition) is 1. The topological polar surface area (TPSA) is 52.5 Å². The van der Waals surface area contributed by atoms with Crippen molar-refractivity contribution in [2.24, 2.45) is 5.92 Å². The molecule has 1 saturated carbocycles. The number of H-pyrrole nitrogens is 1. The summed E-state index contributed by atoms with van der Waals surface area (Å²) in [7, 11) is 0. The van der Waals surface area contributed by atoms with Crippen LogP contribution in [0, 0.1) is 24.2 Å². The van der Waals surface area contributed by atoms with Gasteiger partial charge in [-0.2, -0.15) is 5.26 Å². The zero-order valence-corrected chi connectivity index (χ0v) is 13.0. The van der Waals surface area contributed by atoms with Crippen molar-refractivity contribution in [2.75, 3.05) is 0 Å². The molecule has 0 unspecified atom stereocenters. The van der Waals surface area contributed by atoms with Crippen LogP contribution < -0.4 is 0 Å². The molecule has 3 nitrogen and oxygen atoms in total. The van der Waals surface area contributed by atoms with E-state index in [2.05, 4.69) is 42.2 Å². The van der Waals surface area contributed by atoms with Crippen LogP contribution in [0.3, 0.4) is 0 Å². The summed E-state index contributed by atoms with van der Waals surface area (Å²) in [6.07, 6.45) is 4.02. The van der Waals surface area contributed by atoms with Gasteiger partial charge in [0.15, 0.2) is 5.16 Å². The van der Waals surface area contributed by atoms with Crippen molar-refractivity contribution < 1.29 is 0 Å². The number of nitrogens with one attached hydrogen (secondary N) is 1. The largest absolute Gasteiger partial charge is 0.337 e. The number of hydrogen-bond acceptors (Lipinski definition) is 3. The molecule has 1 aromatic carbocycles. The third-order valence-corrected chi connectivity index (χ3v) is 5.20. The van der Waals surface area contributed by atoms with Gasteiger partial charge in [-0.3, -0.25) is 0 Å². The Morgan fingerprint density at radius 1 is 1.33 bits per heavy atom. The van der Waals surface area contributed by atoms with Crippen LogP contribution in [0.25, 0.3) is 0 Å². The number of aryl methyl sites for hydroxylation is 1. The standard InChI is InChI=1S/C17H19N3S/c1-12-16(10-13-5-3-2-4-6-13)20-17(19-12)21-15-8-7-14(9-15)11-18/h2-6,14-15H,7-10H2,1H3,(H,19,20)/t14-,15+/m1/s1. The lowest BCUT2D eigenvalue weighted by molar-refractivity contribution is 0.703. The molecule has 0 aliphatic heterocycles. The van der Waals surface area contributed by atoms with Crippen LogP contribution in [0.4, 0.5) is 0 Å². The number of aromatic nitrogens is 2. The number of benzene rings is 1. The van der Waals surface area contributed by atoms with Gasteiger partial charge in [0.2, 0.25) is 0 Å². The molecule has 21 heavy (non-hydrogen) atoms. The summed E-state index contributed by atoms with van der Waals surface area (Å²) in [5.41, 5.74) is 3.56. The molecule has 0 amide bonds. The fourth-order valence-electron chi connectivity index (χ4n) is 2.81. The summed E-state index contributed by atoms with van der Waals surface area (Å²) >= 11 is 1.80. The molecule has 1 aromatic heterocycles. The molecule has 0 bridgehead atoms. The summed E-state index contributed by atoms with van der Waals surface area (Å²) in [5.74, 6) is 0.238. The fraction of sp³-hybridized carbons (Fsp3) is 0.412. The Morgan fingerprint density at radius 3 is 2.86 bits per heavy atom. The predicted octanol–water partition coefficient (Wildman–Crippen LogP) is 4.09. The highest BCUT2D eigenvalue weighted by atomic mass is 32.2. The maximum Gasteiger partial charge on any atom is 0.166 e. The summed E-state index contributed by atoms with van der Waals surface area (Å²) in [4.78, 5) is 8.14. The third kappa shape index (κ3) is 3.48. The summed E-state index contributed by atoms with van der Waals surface area (Å²) in [6.45, 7) is 2.09. The molecule has 4 heteroatoms. The molecule has 0 saturated heterocycles. The Hall–Kier alpha value is -1.73. The fourth-order valence-corrected chi connectivity index (χ4v) is 4.08. The van der Waals surface area contributed by atoms with Crippen molar-refractivity contribution >= 4 is 11.8 Å². The molecular weight excluding hydrogens is 278 g/mol. The van der Waals surface area contributed by atoms with Crippen LogP contribution in [0.1, 0.15) is 36.2 Å². The molecule has 3 rings (SSSR count). The van der Waals surface area contributed by atoms with Gasteiger partial charge in [-0.25, -0.2) is 4.98 Å². The van der Waals surface area contributed by atoms with Crippen LogP contribution in [0.5, 0.6) is 0 Å². The van der Waals surface area contributed by atoms with Crippen LogP contribution in [0.15, 0.2) is 35.5 Å². The molecular formula is C17H19N3S. The van der Waals surface area contributed by atoms with Gasteiger partial charge in [-0.1, -0.05) is 42.1 Å². The number of imidazole rings is 1. The second-order valence-electron chi connectivity index (χ2n) is 5.65. The molecule has 1 fully saturated rings. The van der Waals surface area contributed by atoms with E-state index in [9.17, 15) is 0 Å². The van der Waals surface area contributed by atoms with Gasteiger partial charge >= 0.3 is 0 Å². The second-order valence-corrected chi connectivity index (χ2v) is 6.94. The monoisotopic (exact) mass is 297 g/mol. The van der Waals surface area contributed by atoms with Crippen molar-refractivity contribution in [1.82, 2.24) is 9.97 Å². The molecule has 0 spiro atoms. The molecule has 1 aliphatic rings. The van der Waals surface area contributed by atoms with Crippen molar-refractivity contribution in [3.05, 3.63) is 47.3 Å². The van der Waals surface area contributed by atoms with Crippen molar-refractivity contribution in [3.63, 3.8) is 0 Å². The smallest absolute Gasteiger partial charge is 0.166 e. The molecule has 1 aliphatic carbocycles. The minimum absolute atomic E-state index is 0.238. The van der Waals surface area contributed by atoms with Gasteiger partial charge in [0.1, 0.15) is 0 Å². The number of nitriles is 1. The van der Waals surface area contributed by atoms with E-state index in [0.29, 0.717) is 5.25 Å². The lowest BCUT2D eigenvalue weighted by atomic mass is 10.1. The normalized spacial score (nSPS) is 21.3. The Kier molecular flexibility index (Phi) is 4.31. The van der Waals surface area contributed by atoms with Crippen molar-refractivity contribution in [3.8, 4) is 6.07 Å². The minimum Gasteiger partial charge on any atom is -0.337 e. The zero-order valence-electron chi connectivity index (χ0n) is 12.2. The maximum atomic E-state index is 8.98. The van der Waals surface area contributed by atoms with Crippen LogP contribution in [0.2, 0.25) is 0 Å². The van der Waals surface area contributed by atoms with Gasteiger partial charge in [0.25, 0.3) is 0 Å². The Balaban J connectivity index is 1.66. The Labute approximate surface area is 129 Å². The summed E-state index contributed by atoms with van der Waals surface area (Å²) < 4.78 is 0. The van der Waals surface area contributed by atoms with E-state index in [-0.39, 0.29) is 5.92 Å². The zero-order chi connectivity index (χ0) is 14.7. The van der Waals surface area contributed by atoms with E-state index in [0.717, 1.165) is 42.2 Å². The van der Waals surface area contributed by atoms with Crippen LogP contribution in [-0.4, -0.2) is 15.2 Å². The first-order valence-corrected chi connectivity index (χ1v) is 8.28. The second kappa shape index (κ2) is 6.36. The van der Waals surface area contributed by atoms with Crippen molar-refractivity contribution in [2.45, 2.75) is 43.0 Å². The van der Waals surface area contributed by atoms with Gasteiger partial charge in [-0.15, -0.1) is 0 Å². The van der Waals surface area contributed by atoms with E-state index in [1.54, 1.807) is 11.8 Å². The highest BCUT2D eigenvalue weighted by Gasteiger charge is 2.26. The van der Waals surface area contributed by atoms with Crippen molar-refractivity contribution in [1.29, 1.82) is 5.26 Å². The van der Waals surface area contributed by atoms with Gasteiger partial charge in [0, 0.05) is 23.3 Å². The number of nitrogens with zero attached hydrogens (tertiary/aromatic N) is 2. The number of aromatic amines is 1. The molecule has 2 atom stereocenters. The summed E-state index contributed by atoms with van der Waals surface area (Å²) in [5, 5.41) is 10.5. The minimum atomic E-state index is 0.238. The Morgan fingerprint density at radius 2 is 2.14 bits per heavy atom. The first kappa shape index (κ1) is 14.2. The lowest BCUT2D eigenvalue weighted by Crippen LogP contribution is -1.97. The highest BCUT2D eigenvalue weighted by molar-refractivity contribution is 7.99. The SMILES string of the molecule is Cc1[nH]c(S[C@H]2CC[C@@H](C#N)C2)nc1Cc1ccccc1. The third-order valence-electron chi connectivity index (χ3n) is 4.02. The van der Waals surface area contributed by atoms with Crippen LogP contribution >= 0.6 is 11.8 Å². The van der Waals surface area contributed by atoms with Crippen LogP contribution in [-0.2, 0) is 6.42 Å². The summed E-state index contributed by atoms with van der Waals surface area (Å²) in [6, 6.07) is 12.8. The van der Waals surface area contributed by atoms with E-state index in [1.165, 1.54) is 5.56 Å². The number of rotatable bonds is 4. The molecule has 2 aromatic rings. The quantitative estimate of drug-likeness (QED) is 0.924. The van der Waals surface area contributed by atoms with E-state index in [1.807, 2.05) is 6.07 Å². The van der Waals surface area contributed by atoms with E-state index < -0.39 is 0 Å². The van der Waals surface area contributed by atoms with Gasteiger partial charge in [0.05, 0.1) is 11.8 Å². The molecule has 108 valence electrons. The predicted molar refractivity (Wildman–Crippen MR) is 85.2 cm³/mol. The molecule has 1 N–H and O–H groups in total. The van der Waals surface area contributed by atoms with E-state index in [4.69, 9.17) is 10.2 Å². The average Bonchev–Trinajstić information content (AvgIpc) is 3.08. The first-order valence-electron chi connectivity index (χ1n) is 7.40. The molecule has 0 radical (unpaired) electrons. The van der Waals surface area contributed by atoms with Gasteiger partial charge in [-0.05, 0) is 31.7 Å². The average molecular weight is 297 g/mol. The van der Waals surface area contributed by atoms with E-state index >= 15 is 0 Å². The van der Waals surface area contributed by atoms with Gasteiger partial charge < -0.3 is 4.98 Å². The lowest BCUT2D eigenvalue weighted by Gasteiger charge is -2.05. The highest BCUT2D eigenvalue weighted by Crippen LogP contribution is 2.36. The molecule has 1 heterocycles.